The first-order valence-electron chi connectivity index (χ1n) is 9.90. The van der Waals surface area contributed by atoms with Crippen molar-refractivity contribution in [2.24, 2.45) is 0 Å². The number of hydrogen-bond acceptors (Lipinski definition) is 3. The third kappa shape index (κ3) is 3.88. The molecule has 7 heteroatoms. The van der Waals surface area contributed by atoms with Gasteiger partial charge in [-0.25, -0.2) is 4.98 Å². The Hall–Kier alpha value is -3.54. The van der Waals surface area contributed by atoms with Crippen molar-refractivity contribution in [2.75, 3.05) is 5.32 Å². The van der Waals surface area contributed by atoms with Crippen molar-refractivity contribution >= 4 is 45.8 Å². The van der Waals surface area contributed by atoms with Crippen LogP contribution in [0.15, 0.2) is 77.2 Å². The molecule has 158 valence electrons. The molecule has 0 radical (unpaired) electrons. The Balaban J connectivity index is 1.41. The minimum atomic E-state index is -0.355. The number of carbonyl (C=O) groups excluding carboxylic acids is 1. The van der Waals surface area contributed by atoms with Crippen LogP contribution in [0.3, 0.4) is 0 Å². The second-order valence-corrected chi connectivity index (χ2v) is 8.22. The Kier molecular flexibility index (Phi) is 5.21. The molecule has 0 atom stereocenters. The van der Waals surface area contributed by atoms with E-state index in [2.05, 4.69) is 15.3 Å². The van der Waals surface area contributed by atoms with E-state index >= 15 is 0 Å². The molecule has 0 aliphatic rings. The number of aryl methyl sites for hydroxylation is 1. The third-order valence-corrected chi connectivity index (χ3v) is 5.72. The zero-order valence-corrected chi connectivity index (χ0v) is 18.5. The molecule has 0 aliphatic carbocycles. The highest BCUT2D eigenvalue weighted by molar-refractivity contribution is 6.36. The fourth-order valence-electron chi connectivity index (χ4n) is 3.47. The molecule has 0 spiro atoms. The molecule has 2 N–H and O–H groups in total. The fourth-order valence-corrected chi connectivity index (χ4v) is 3.97. The van der Waals surface area contributed by atoms with Crippen LogP contribution in [0.4, 0.5) is 5.69 Å². The smallest absolute Gasteiger partial charge is 0.291 e. The van der Waals surface area contributed by atoms with E-state index in [1.807, 2.05) is 49.4 Å². The number of carbonyl (C=O) groups is 1. The zero-order chi connectivity index (χ0) is 22.2. The molecule has 0 aliphatic heterocycles. The molecule has 0 saturated carbocycles. The molecular weight excluding hydrogens is 445 g/mol. The van der Waals surface area contributed by atoms with Gasteiger partial charge in [0.15, 0.2) is 5.76 Å². The summed E-state index contributed by atoms with van der Waals surface area (Å²) in [5.41, 5.74) is 4.98. The average Bonchev–Trinajstić information content (AvgIpc) is 3.42. The van der Waals surface area contributed by atoms with Gasteiger partial charge in [0.05, 0.1) is 16.1 Å². The molecule has 5 rings (SSSR count). The summed E-state index contributed by atoms with van der Waals surface area (Å²) in [6, 6.07) is 22.1. The number of anilines is 1. The van der Waals surface area contributed by atoms with Crippen LogP contribution in [0.5, 0.6) is 0 Å². The van der Waals surface area contributed by atoms with Crippen LogP contribution < -0.4 is 5.32 Å². The minimum Gasteiger partial charge on any atom is -0.451 e. The molecule has 1 amide bonds. The molecule has 32 heavy (non-hydrogen) atoms. The van der Waals surface area contributed by atoms with Crippen LogP contribution >= 0.6 is 23.2 Å². The Morgan fingerprint density at radius 2 is 1.84 bits per heavy atom. The van der Waals surface area contributed by atoms with Gasteiger partial charge in [0.2, 0.25) is 0 Å². The maximum Gasteiger partial charge on any atom is 0.291 e. The van der Waals surface area contributed by atoms with Gasteiger partial charge >= 0.3 is 0 Å². The Morgan fingerprint density at radius 3 is 2.66 bits per heavy atom. The molecule has 0 fully saturated rings. The van der Waals surface area contributed by atoms with Gasteiger partial charge in [0.1, 0.15) is 11.6 Å². The third-order valence-electron chi connectivity index (χ3n) is 5.17. The second-order valence-electron chi connectivity index (χ2n) is 7.37. The van der Waals surface area contributed by atoms with E-state index in [1.165, 1.54) is 0 Å². The number of fused-ring (bicyclic) bond motifs is 1. The molecule has 0 bridgehead atoms. The first kappa shape index (κ1) is 20.4. The first-order valence-corrected chi connectivity index (χ1v) is 10.7. The van der Waals surface area contributed by atoms with Crippen LogP contribution in [-0.2, 0) is 0 Å². The quantitative estimate of drug-likeness (QED) is 0.293. The molecule has 5 aromatic rings. The summed E-state index contributed by atoms with van der Waals surface area (Å²) in [5.74, 6) is 1.05. The molecule has 3 aromatic carbocycles. The number of aromatic amines is 1. The van der Waals surface area contributed by atoms with Crippen LogP contribution in [0.1, 0.15) is 16.1 Å². The van der Waals surface area contributed by atoms with Crippen molar-refractivity contribution in [2.45, 2.75) is 6.92 Å². The minimum absolute atomic E-state index is 0.180. The predicted molar refractivity (Wildman–Crippen MR) is 128 cm³/mol. The summed E-state index contributed by atoms with van der Waals surface area (Å²) >= 11 is 12.2. The van der Waals surface area contributed by atoms with Crippen LogP contribution in [-0.4, -0.2) is 15.9 Å². The summed E-state index contributed by atoms with van der Waals surface area (Å²) in [6.07, 6.45) is 0. The molecule has 2 aromatic heterocycles. The number of para-hydroxylation sites is 2. The monoisotopic (exact) mass is 461 g/mol. The van der Waals surface area contributed by atoms with E-state index in [9.17, 15) is 4.79 Å². The van der Waals surface area contributed by atoms with Gasteiger partial charge in [-0.15, -0.1) is 0 Å². The standard InChI is InChI=1S/C25H17Cl2N3O2/c1-14-6-7-15(24-28-19-4-2-3-5-20(19)29-24)12-21(14)30-25(31)23-11-10-22(32-23)17-9-8-16(26)13-18(17)27/h2-13H,1H3,(H,28,29)(H,30,31). The summed E-state index contributed by atoms with van der Waals surface area (Å²) in [5, 5.41) is 3.91. The number of amides is 1. The lowest BCUT2D eigenvalue weighted by atomic mass is 10.1. The van der Waals surface area contributed by atoms with Gasteiger partial charge in [-0.3, -0.25) is 4.79 Å². The molecule has 0 saturated heterocycles. The number of imidazole rings is 1. The SMILES string of the molecule is Cc1ccc(-c2nc3ccccc3[nH]2)cc1NC(=O)c1ccc(-c2ccc(Cl)cc2Cl)o1. The highest BCUT2D eigenvalue weighted by Gasteiger charge is 2.16. The van der Waals surface area contributed by atoms with Gasteiger partial charge in [-0.2, -0.15) is 0 Å². The van der Waals surface area contributed by atoms with Crippen LogP contribution in [0.2, 0.25) is 10.0 Å². The fraction of sp³-hybridized carbons (Fsp3) is 0.0400. The number of rotatable bonds is 4. The lowest BCUT2D eigenvalue weighted by Gasteiger charge is -2.09. The Bertz CT molecular complexity index is 1440. The van der Waals surface area contributed by atoms with E-state index in [4.69, 9.17) is 27.6 Å². The highest BCUT2D eigenvalue weighted by Crippen LogP contribution is 2.32. The largest absolute Gasteiger partial charge is 0.451 e. The van der Waals surface area contributed by atoms with E-state index in [0.29, 0.717) is 27.1 Å². The number of nitrogens with zero attached hydrogens (tertiary/aromatic N) is 1. The molecule has 5 nitrogen and oxygen atoms in total. The Labute approximate surface area is 194 Å². The zero-order valence-electron chi connectivity index (χ0n) is 16.9. The van der Waals surface area contributed by atoms with Gasteiger partial charge in [0.25, 0.3) is 5.91 Å². The van der Waals surface area contributed by atoms with E-state index in [-0.39, 0.29) is 11.7 Å². The summed E-state index contributed by atoms with van der Waals surface area (Å²) < 4.78 is 5.76. The lowest BCUT2D eigenvalue weighted by molar-refractivity contribution is 0.0997. The summed E-state index contributed by atoms with van der Waals surface area (Å²) in [6.45, 7) is 1.93. The van der Waals surface area contributed by atoms with E-state index in [1.54, 1.807) is 30.3 Å². The van der Waals surface area contributed by atoms with Crippen molar-refractivity contribution in [1.29, 1.82) is 0 Å². The molecule has 0 unspecified atom stereocenters. The lowest BCUT2D eigenvalue weighted by Crippen LogP contribution is -2.12. The van der Waals surface area contributed by atoms with Gasteiger partial charge in [-0.1, -0.05) is 47.5 Å². The molecule has 2 heterocycles. The van der Waals surface area contributed by atoms with Crippen molar-refractivity contribution in [3.05, 3.63) is 94.2 Å². The van der Waals surface area contributed by atoms with Crippen molar-refractivity contribution < 1.29 is 9.21 Å². The maximum absolute atomic E-state index is 12.9. The van der Waals surface area contributed by atoms with E-state index in [0.717, 1.165) is 28.0 Å². The maximum atomic E-state index is 12.9. The van der Waals surface area contributed by atoms with Gasteiger partial charge in [0, 0.05) is 21.8 Å². The number of aromatic nitrogens is 2. The number of H-pyrrole nitrogens is 1. The van der Waals surface area contributed by atoms with Crippen molar-refractivity contribution in [3.63, 3.8) is 0 Å². The number of benzene rings is 3. The summed E-state index contributed by atoms with van der Waals surface area (Å²) in [7, 11) is 0. The predicted octanol–water partition coefficient (Wildman–Crippen LogP) is 7.36. The topological polar surface area (TPSA) is 70.9 Å². The summed E-state index contributed by atoms with van der Waals surface area (Å²) in [4.78, 5) is 20.8. The number of hydrogen-bond donors (Lipinski definition) is 2. The number of halogens is 2. The first-order chi connectivity index (χ1) is 15.5. The van der Waals surface area contributed by atoms with Gasteiger partial charge < -0.3 is 14.7 Å². The average molecular weight is 462 g/mol. The molecular formula is C25H17Cl2N3O2. The van der Waals surface area contributed by atoms with Crippen LogP contribution in [0, 0.1) is 6.92 Å². The van der Waals surface area contributed by atoms with Crippen molar-refractivity contribution in [1.82, 2.24) is 9.97 Å². The van der Waals surface area contributed by atoms with Crippen molar-refractivity contribution in [3.8, 4) is 22.7 Å². The highest BCUT2D eigenvalue weighted by atomic mass is 35.5. The number of furan rings is 1. The van der Waals surface area contributed by atoms with Crippen LogP contribution in [0.25, 0.3) is 33.7 Å². The second kappa shape index (κ2) is 8.19. The normalized spacial score (nSPS) is 11.1. The van der Waals surface area contributed by atoms with E-state index < -0.39 is 0 Å². The Morgan fingerprint density at radius 1 is 1.00 bits per heavy atom. The van der Waals surface area contributed by atoms with Gasteiger partial charge in [-0.05, 0) is 61.0 Å². The number of nitrogens with one attached hydrogen (secondary N) is 2.